The zero-order valence-electron chi connectivity index (χ0n) is 17.4. The summed E-state index contributed by atoms with van der Waals surface area (Å²) >= 11 is 1.30. The minimum Gasteiger partial charge on any atom is -0.462 e. The van der Waals surface area contributed by atoms with Crippen molar-refractivity contribution in [3.05, 3.63) is 46.6 Å². The Morgan fingerprint density at radius 1 is 1.32 bits per heavy atom. The van der Waals surface area contributed by atoms with Crippen molar-refractivity contribution in [2.75, 3.05) is 23.8 Å². The summed E-state index contributed by atoms with van der Waals surface area (Å²) in [7, 11) is 0. The first kappa shape index (κ1) is 21.2. The number of esters is 1. The maximum absolute atomic E-state index is 12.3. The number of fused-ring (bicyclic) bond motifs is 1. The fourth-order valence-electron chi connectivity index (χ4n) is 3.55. The largest absolute Gasteiger partial charge is 0.462 e. The molecule has 1 aliphatic heterocycles. The molecule has 0 bridgehead atoms. The highest BCUT2D eigenvalue weighted by atomic mass is 32.1. The van der Waals surface area contributed by atoms with E-state index in [0.29, 0.717) is 30.5 Å². The molecule has 1 saturated heterocycles. The third-order valence-electron chi connectivity index (χ3n) is 5.06. The van der Waals surface area contributed by atoms with Gasteiger partial charge in [-0.1, -0.05) is 12.1 Å². The van der Waals surface area contributed by atoms with E-state index in [-0.39, 0.29) is 18.0 Å². The highest BCUT2D eigenvalue weighted by molar-refractivity contribution is 7.20. The molecule has 1 amide bonds. The van der Waals surface area contributed by atoms with Crippen LogP contribution >= 0.6 is 11.3 Å². The van der Waals surface area contributed by atoms with Crippen molar-refractivity contribution in [2.24, 2.45) is 0 Å². The van der Waals surface area contributed by atoms with Crippen molar-refractivity contribution >= 4 is 44.9 Å². The van der Waals surface area contributed by atoms with Crippen LogP contribution in [-0.2, 0) is 20.8 Å². The number of amides is 1. The second kappa shape index (κ2) is 9.40. The van der Waals surface area contributed by atoms with Gasteiger partial charge in [-0.3, -0.25) is 4.79 Å². The molecule has 0 saturated carbocycles. The van der Waals surface area contributed by atoms with Crippen LogP contribution in [0.4, 0.5) is 11.5 Å². The quantitative estimate of drug-likeness (QED) is 0.537. The number of nitrogens with one attached hydrogen (secondary N) is 2. The van der Waals surface area contributed by atoms with E-state index in [9.17, 15) is 9.59 Å². The van der Waals surface area contributed by atoms with Crippen molar-refractivity contribution in [1.82, 2.24) is 9.97 Å². The van der Waals surface area contributed by atoms with Gasteiger partial charge in [0, 0.05) is 18.8 Å². The number of hydrogen-bond donors (Lipinski definition) is 2. The number of hydrogen-bond acceptors (Lipinski definition) is 8. The predicted octanol–water partition coefficient (Wildman–Crippen LogP) is 3.91. The molecule has 4 rings (SSSR count). The van der Waals surface area contributed by atoms with Gasteiger partial charge in [-0.2, -0.15) is 0 Å². The van der Waals surface area contributed by atoms with Crippen molar-refractivity contribution in [3.8, 4) is 0 Å². The second-order valence-corrected chi connectivity index (χ2v) is 8.22. The summed E-state index contributed by atoms with van der Waals surface area (Å²) in [6.45, 7) is 5.11. The number of carbonyl (C=O) groups excluding carboxylic acids is 2. The van der Waals surface area contributed by atoms with Gasteiger partial charge in [0.25, 0.3) is 5.91 Å². The van der Waals surface area contributed by atoms with Crippen LogP contribution in [0.5, 0.6) is 0 Å². The lowest BCUT2D eigenvalue weighted by Crippen LogP contribution is -2.26. The van der Waals surface area contributed by atoms with Gasteiger partial charge in [-0.15, -0.1) is 11.3 Å². The summed E-state index contributed by atoms with van der Waals surface area (Å²) in [5.74, 6) is 0.201. The smallest absolute Gasteiger partial charge is 0.348 e. The molecule has 1 atom stereocenters. The van der Waals surface area contributed by atoms with E-state index in [0.717, 1.165) is 39.9 Å². The molecule has 0 spiro atoms. The lowest BCUT2D eigenvalue weighted by Gasteiger charge is -2.12. The van der Waals surface area contributed by atoms with Crippen molar-refractivity contribution in [2.45, 2.75) is 39.3 Å². The van der Waals surface area contributed by atoms with E-state index in [1.54, 1.807) is 6.92 Å². The molecule has 3 aromatic rings. The van der Waals surface area contributed by atoms with Crippen LogP contribution < -0.4 is 10.6 Å². The minimum atomic E-state index is -0.369. The van der Waals surface area contributed by atoms with Crippen LogP contribution in [0.15, 0.2) is 30.6 Å². The topological polar surface area (TPSA) is 102 Å². The molecule has 1 aromatic carbocycles. The molecule has 1 fully saturated rings. The number of ether oxygens (including phenoxy) is 2. The predicted molar refractivity (Wildman–Crippen MR) is 119 cm³/mol. The second-order valence-electron chi connectivity index (χ2n) is 7.22. The molecule has 2 aromatic heterocycles. The molecule has 162 valence electrons. The third kappa shape index (κ3) is 4.67. The van der Waals surface area contributed by atoms with E-state index in [2.05, 4.69) is 20.6 Å². The standard InChI is InChI=1S/C22H24N4O4S/c1-3-29-22(28)18-13(2)17-19(24-12-25-21(17)31-18)23-11-14-6-4-7-15(10-14)26-20(27)16-8-5-9-30-16/h4,6-7,10,12,16H,3,5,8-9,11H2,1-2H3,(H,26,27)(H,23,24,25). The van der Waals surface area contributed by atoms with Gasteiger partial charge in [0.05, 0.1) is 12.0 Å². The van der Waals surface area contributed by atoms with Gasteiger partial charge in [0.1, 0.15) is 28.0 Å². The number of thiophene rings is 1. The Balaban J connectivity index is 1.49. The summed E-state index contributed by atoms with van der Waals surface area (Å²) in [4.78, 5) is 34.5. The molecule has 31 heavy (non-hydrogen) atoms. The zero-order valence-corrected chi connectivity index (χ0v) is 18.3. The number of aromatic nitrogens is 2. The van der Waals surface area contributed by atoms with Crippen LogP contribution in [0.25, 0.3) is 10.2 Å². The summed E-state index contributed by atoms with van der Waals surface area (Å²) in [6.07, 6.45) is 2.78. The first-order valence-corrected chi connectivity index (χ1v) is 11.0. The number of benzene rings is 1. The van der Waals surface area contributed by atoms with Crippen LogP contribution in [0.1, 0.15) is 40.6 Å². The Bertz CT molecular complexity index is 1110. The summed E-state index contributed by atoms with van der Waals surface area (Å²) in [5, 5.41) is 7.07. The van der Waals surface area contributed by atoms with Gasteiger partial charge < -0.3 is 20.1 Å². The minimum absolute atomic E-state index is 0.111. The third-order valence-corrected chi connectivity index (χ3v) is 6.24. The van der Waals surface area contributed by atoms with E-state index in [1.165, 1.54) is 17.7 Å². The Labute approximate surface area is 184 Å². The molecule has 2 N–H and O–H groups in total. The van der Waals surface area contributed by atoms with Crippen LogP contribution in [0.3, 0.4) is 0 Å². The van der Waals surface area contributed by atoms with Crippen LogP contribution in [0.2, 0.25) is 0 Å². The number of rotatable bonds is 7. The van der Waals surface area contributed by atoms with E-state index in [1.807, 2.05) is 31.2 Å². The maximum atomic E-state index is 12.3. The highest BCUT2D eigenvalue weighted by Gasteiger charge is 2.23. The van der Waals surface area contributed by atoms with Gasteiger partial charge >= 0.3 is 5.97 Å². The molecule has 0 aliphatic carbocycles. The molecule has 0 radical (unpaired) electrons. The highest BCUT2D eigenvalue weighted by Crippen LogP contribution is 2.34. The molecular weight excluding hydrogens is 416 g/mol. The molecule has 9 heteroatoms. The van der Waals surface area contributed by atoms with Gasteiger partial charge in [0.2, 0.25) is 0 Å². The van der Waals surface area contributed by atoms with Crippen molar-refractivity contribution in [3.63, 3.8) is 0 Å². The lowest BCUT2D eigenvalue weighted by atomic mass is 10.1. The number of nitrogens with zero attached hydrogens (tertiary/aromatic N) is 2. The Morgan fingerprint density at radius 3 is 2.97 bits per heavy atom. The Kier molecular flexibility index (Phi) is 6.43. The summed E-state index contributed by atoms with van der Waals surface area (Å²) < 4.78 is 10.6. The van der Waals surface area contributed by atoms with Crippen molar-refractivity contribution < 1.29 is 19.1 Å². The monoisotopic (exact) mass is 440 g/mol. The normalized spacial score (nSPS) is 15.7. The average Bonchev–Trinajstić information content (AvgIpc) is 3.42. The number of anilines is 2. The Morgan fingerprint density at radius 2 is 2.19 bits per heavy atom. The fraction of sp³-hybridized carbons (Fsp3) is 0.364. The number of aryl methyl sites for hydroxylation is 1. The van der Waals surface area contributed by atoms with E-state index >= 15 is 0 Å². The van der Waals surface area contributed by atoms with Gasteiger partial charge in [-0.05, 0) is 49.9 Å². The van der Waals surface area contributed by atoms with Crippen LogP contribution in [-0.4, -0.2) is 41.2 Å². The van der Waals surface area contributed by atoms with Crippen molar-refractivity contribution in [1.29, 1.82) is 0 Å². The summed E-state index contributed by atoms with van der Waals surface area (Å²) in [6, 6.07) is 7.64. The van der Waals surface area contributed by atoms with Gasteiger partial charge in [0.15, 0.2) is 0 Å². The summed E-state index contributed by atoms with van der Waals surface area (Å²) in [5.41, 5.74) is 2.51. The molecule has 1 unspecified atom stereocenters. The van der Waals surface area contributed by atoms with E-state index < -0.39 is 0 Å². The lowest BCUT2D eigenvalue weighted by molar-refractivity contribution is -0.124. The fourth-order valence-corrected chi connectivity index (χ4v) is 4.59. The van der Waals surface area contributed by atoms with Crippen LogP contribution in [0, 0.1) is 6.92 Å². The molecule has 1 aliphatic rings. The molecule has 8 nitrogen and oxygen atoms in total. The van der Waals surface area contributed by atoms with E-state index in [4.69, 9.17) is 9.47 Å². The molecular formula is C22H24N4O4S. The van der Waals surface area contributed by atoms with Gasteiger partial charge in [-0.25, -0.2) is 14.8 Å². The Hall–Kier alpha value is -3.04. The SMILES string of the molecule is CCOC(=O)c1sc2ncnc(NCc3cccc(NC(=O)C4CCCO4)c3)c2c1C. The number of carbonyl (C=O) groups is 2. The average molecular weight is 441 g/mol. The first-order chi connectivity index (χ1) is 15.1. The first-order valence-electron chi connectivity index (χ1n) is 10.2. The molecule has 3 heterocycles. The zero-order chi connectivity index (χ0) is 21.8. The maximum Gasteiger partial charge on any atom is 0.348 e.